The standard InChI is InChI=1S/C16H24N2O2S/c1-20-9-8-18(14-7-10-21-12-14)16(19)15(17)11-13-5-3-2-4-6-13/h2-6,14-15H,7-12,17H2,1H3. The quantitative estimate of drug-likeness (QED) is 0.830. The fourth-order valence-electron chi connectivity index (χ4n) is 2.60. The van der Waals surface area contributed by atoms with Gasteiger partial charge in [-0.2, -0.15) is 11.8 Å². The molecule has 0 bridgehead atoms. The highest BCUT2D eigenvalue weighted by molar-refractivity contribution is 7.99. The molecule has 1 aromatic carbocycles. The lowest BCUT2D eigenvalue weighted by Gasteiger charge is -2.30. The molecule has 0 radical (unpaired) electrons. The zero-order chi connectivity index (χ0) is 15.1. The first-order valence-corrected chi connectivity index (χ1v) is 8.54. The fraction of sp³-hybridized carbons (Fsp3) is 0.562. The van der Waals surface area contributed by atoms with Crippen LogP contribution in [0.25, 0.3) is 0 Å². The van der Waals surface area contributed by atoms with Crippen LogP contribution in [0.1, 0.15) is 12.0 Å². The van der Waals surface area contributed by atoms with E-state index in [0.29, 0.717) is 25.6 Å². The third-order valence-electron chi connectivity index (χ3n) is 3.78. The minimum absolute atomic E-state index is 0.0448. The van der Waals surface area contributed by atoms with Crippen molar-refractivity contribution in [2.24, 2.45) is 5.73 Å². The summed E-state index contributed by atoms with van der Waals surface area (Å²) in [5, 5.41) is 0. The smallest absolute Gasteiger partial charge is 0.240 e. The van der Waals surface area contributed by atoms with Crippen LogP contribution in [0.15, 0.2) is 30.3 Å². The maximum Gasteiger partial charge on any atom is 0.240 e. The molecule has 0 aliphatic carbocycles. The highest BCUT2D eigenvalue weighted by Crippen LogP contribution is 2.23. The molecule has 1 aliphatic rings. The van der Waals surface area contributed by atoms with E-state index in [1.807, 2.05) is 47.0 Å². The van der Waals surface area contributed by atoms with E-state index in [4.69, 9.17) is 10.5 Å². The summed E-state index contributed by atoms with van der Waals surface area (Å²) in [4.78, 5) is 14.6. The van der Waals surface area contributed by atoms with E-state index in [1.54, 1.807) is 7.11 Å². The first-order chi connectivity index (χ1) is 10.2. The second-order valence-corrected chi connectivity index (χ2v) is 6.49. The Bertz CT molecular complexity index is 435. The van der Waals surface area contributed by atoms with Crippen LogP contribution in [0.3, 0.4) is 0 Å². The molecular weight excluding hydrogens is 284 g/mol. The van der Waals surface area contributed by atoms with Gasteiger partial charge < -0.3 is 15.4 Å². The highest BCUT2D eigenvalue weighted by Gasteiger charge is 2.29. The Hall–Kier alpha value is -1.04. The molecule has 2 unspecified atom stereocenters. The zero-order valence-electron chi connectivity index (χ0n) is 12.5. The summed E-state index contributed by atoms with van der Waals surface area (Å²) in [6.45, 7) is 1.19. The Kier molecular flexibility index (Phi) is 6.54. The molecule has 0 spiro atoms. The molecule has 0 saturated carbocycles. The molecule has 2 rings (SSSR count). The number of benzene rings is 1. The van der Waals surface area contributed by atoms with Crippen molar-refractivity contribution in [1.29, 1.82) is 0 Å². The van der Waals surface area contributed by atoms with Gasteiger partial charge in [0.25, 0.3) is 0 Å². The molecule has 2 atom stereocenters. The molecule has 1 amide bonds. The lowest BCUT2D eigenvalue weighted by atomic mass is 10.0. The number of amides is 1. The van der Waals surface area contributed by atoms with Gasteiger partial charge in [0, 0.05) is 25.4 Å². The fourth-order valence-corrected chi connectivity index (χ4v) is 3.82. The molecular formula is C16H24N2O2S. The monoisotopic (exact) mass is 308 g/mol. The highest BCUT2D eigenvalue weighted by atomic mass is 32.2. The van der Waals surface area contributed by atoms with Crippen LogP contribution < -0.4 is 5.73 Å². The van der Waals surface area contributed by atoms with Crippen molar-refractivity contribution in [2.75, 3.05) is 31.8 Å². The topological polar surface area (TPSA) is 55.6 Å². The van der Waals surface area contributed by atoms with E-state index in [0.717, 1.165) is 23.5 Å². The number of thioether (sulfide) groups is 1. The third-order valence-corrected chi connectivity index (χ3v) is 4.93. The van der Waals surface area contributed by atoms with Gasteiger partial charge in [-0.3, -0.25) is 4.79 Å². The minimum atomic E-state index is -0.477. The van der Waals surface area contributed by atoms with Crippen molar-refractivity contribution in [3.05, 3.63) is 35.9 Å². The van der Waals surface area contributed by atoms with E-state index in [2.05, 4.69) is 0 Å². The van der Waals surface area contributed by atoms with Gasteiger partial charge in [0.05, 0.1) is 12.6 Å². The van der Waals surface area contributed by atoms with Crippen LogP contribution in [0.4, 0.5) is 0 Å². The van der Waals surface area contributed by atoms with Gasteiger partial charge in [-0.05, 0) is 24.2 Å². The van der Waals surface area contributed by atoms with E-state index in [-0.39, 0.29) is 5.91 Å². The summed E-state index contributed by atoms with van der Waals surface area (Å²) in [5.41, 5.74) is 7.25. The maximum absolute atomic E-state index is 12.7. The van der Waals surface area contributed by atoms with Crippen LogP contribution in [0.2, 0.25) is 0 Å². The van der Waals surface area contributed by atoms with Crippen LogP contribution in [0, 0.1) is 0 Å². The van der Waals surface area contributed by atoms with Gasteiger partial charge in [-0.1, -0.05) is 30.3 Å². The summed E-state index contributed by atoms with van der Waals surface area (Å²) in [6, 6.07) is 9.77. The Morgan fingerprint density at radius 3 is 2.86 bits per heavy atom. The molecule has 0 aromatic heterocycles. The van der Waals surface area contributed by atoms with Crippen LogP contribution in [-0.2, 0) is 16.0 Å². The summed E-state index contributed by atoms with van der Waals surface area (Å²) >= 11 is 1.90. The number of methoxy groups -OCH3 is 1. The van der Waals surface area contributed by atoms with Crippen molar-refractivity contribution in [3.8, 4) is 0 Å². The van der Waals surface area contributed by atoms with Gasteiger partial charge in [-0.25, -0.2) is 0 Å². The van der Waals surface area contributed by atoms with Gasteiger partial charge >= 0.3 is 0 Å². The molecule has 1 aliphatic heterocycles. The SMILES string of the molecule is COCCN(C(=O)C(N)Cc1ccccc1)C1CCSC1. The largest absolute Gasteiger partial charge is 0.383 e. The number of hydrogen-bond donors (Lipinski definition) is 1. The number of rotatable bonds is 7. The number of hydrogen-bond acceptors (Lipinski definition) is 4. The van der Waals surface area contributed by atoms with Crippen LogP contribution in [-0.4, -0.2) is 54.7 Å². The Labute approximate surface area is 131 Å². The Morgan fingerprint density at radius 1 is 1.48 bits per heavy atom. The van der Waals surface area contributed by atoms with Crippen molar-refractivity contribution >= 4 is 17.7 Å². The summed E-state index contributed by atoms with van der Waals surface area (Å²) in [7, 11) is 1.66. The van der Waals surface area contributed by atoms with E-state index < -0.39 is 6.04 Å². The van der Waals surface area contributed by atoms with Crippen molar-refractivity contribution in [2.45, 2.75) is 24.9 Å². The molecule has 4 nitrogen and oxygen atoms in total. The number of nitrogens with zero attached hydrogens (tertiary/aromatic N) is 1. The molecule has 1 aromatic rings. The van der Waals surface area contributed by atoms with E-state index in [1.165, 1.54) is 0 Å². The molecule has 1 saturated heterocycles. The van der Waals surface area contributed by atoms with E-state index >= 15 is 0 Å². The zero-order valence-corrected chi connectivity index (χ0v) is 13.3. The Balaban J connectivity index is 1.98. The number of carbonyl (C=O) groups is 1. The Morgan fingerprint density at radius 2 is 2.24 bits per heavy atom. The first-order valence-electron chi connectivity index (χ1n) is 7.39. The molecule has 116 valence electrons. The van der Waals surface area contributed by atoms with Crippen molar-refractivity contribution < 1.29 is 9.53 Å². The third kappa shape index (κ3) is 4.73. The lowest BCUT2D eigenvalue weighted by Crippen LogP contribution is -2.50. The number of nitrogens with two attached hydrogens (primary N) is 1. The van der Waals surface area contributed by atoms with Crippen molar-refractivity contribution in [1.82, 2.24) is 4.90 Å². The minimum Gasteiger partial charge on any atom is -0.383 e. The van der Waals surface area contributed by atoms with Gasteiger partial charge in [0.2, 0.25) is 5.91 Å². The average Bonchev–Trinajstić information content (AvgIpc) is 3.02. The van der Waals surface area contributed by atoms with Crippen molar-refractivity contribution in [3.63, 3.8) is 0 Å². The average molecular weight is 308 g/mol. The molecule has 2 N–H and O–H groups in total. The summed E-state index contributed by atoms with van der Waals surface area (Å²) < 4.78 is 5.14. The molecule has 5 heteroatoms. The second-order valence-electron chi connectivity index (χ2n) is 5.34. The van der Waals surface area contributed by atoms with Gasteiger partial charge in [0.15, 0.2) is 0 Å². The number of ether oxygens (including phenoxy) is 1. The summed E-state index contributed by atoms with van der Waals surface area (Å²) in [6.07, 6.45) is 1.64. The van der Waals surface area contributed by atoms with Gasteiger partial charge in [-0.15, -0.1) is 0 Å². The second kappa shape index (κ2) is 8.41. The predicted octanol–water partition coefficient (Wildman–Crippen LogP) is 1.54. The van der Waals surface area contributed by atoms with Gasteiger partial charge in [0.1, 0.15) is 0 Å². The normalized spacial score (nSPS) is 19.4. The van der Waals surface area contributed by atoms with Crippen LogP contribution >= 0.6 is 11.8 Å². The maximum atomic E-state index is 12.7. The summed E-state index contributed by atoms with van der Waals surface area (Å²) in [5.74, 6) is 2.17. The van der Waals surface area contributed by atoms with Crippen LogP contribution in [0.5, 0.6) is 0 Å². The van der Waals surface area contributed by atoms with E-state index in [9.17, 15) is 4.79 Å². The first kappa shape index (κ1) is 16.3. The molecule has 1 fully saturated rings. The molecule has 21 heavy (non-hydrogen) atoms. The lowest BCUT2D eigenvalue weighted by molar-refractivity contribution is -0.135. The molecule has 1 heterocycles. The predicted molar refractivity (Wildman–Crippen MR) is 87.4 cm³/mol. The number of carbonyl (C=O) groups excluding carboxylic acids is 1.